The molecule has 0 amide bonds. The van der Waals surface area contributed by atoms with Gasteiger partial charge in [-0.2, -0.15) is 5.26 Å². The van der Waals surface area contributed by atoms with Crippen molar-refractivity contribution in [3.8, 4) is 6.07 Å². The van der Waals surface area contributed by atoms with Gasteiger partial charge in [0.05, 0.1) is 11.3 Å². The number of amidine groups is 2. The Bertz CT molecular complexity index is 1440. The molecule has 6 nitrogen and oxygen atoms in total. The van der Waals surface area contributed by atoms with Gasteiger partial charge in [0.25, 0.3) is 0 Å². The Labute approximate surface area is 197 Å². The minimum absolute atomic E-state index is 0.0626. The third-order valence-electron chi connectivity index (χ3n) is 6.34. The number of hydrogen-bond acceptors (Lipinski definition) is 5. The normalized spacial score (nSPS) is 20.8. The summed E-state index contributed by atoms with van der Waals surface area (Å²) in [5.41, 5.74) is 2.18. The van der Waals surface area contributed by atoms with E-state index in [-0.39, 0.29) is 23.4 Å². The zero-order valence-corrected chi connectivity index (χ0v) is 18.8. The van der Waals surface area contributed by atoms with Crippen molar-refractivity contribution in [1.82, 2.24) is 0 Å². The highest BCUT2D eigenvalue weighted by Crippen LogP contribution is 2.47. The van der Waals surface area contributed by atoms with Crippen LogP contribution in [-0.2, 0) is 5.60 Å². The second kappa shape index (κ2) is 7.91. The summed E-state index contributed by atoms with van der Waals surface area (Å²) in [5.74, 6) is -0.253. The van der Waals surface area contributed by atoms with Gasteiger partial charge < -0.3 is 5.11 Å². The van der Waals surface area contributed by atoms with Crippen molar-refractivity contribution in [2.75, 3.05) is 4.90 Å². The van der Waals surface area contributed by atoms with Gasteiger partial charge in [-0.1, -0.05) is 59.7 Å². The summed E-state index contributed by atoms with van der Waals surface area (Å²) in [4.78, 5) is 19.7. The summed E-state index contributed by atoms with van der Waals surface area (Å²) in [6.07, 6.45) is -0.0690. The predicted molar refractivity (Wildman–Crippen MR) is 132 cm³/mol. The minimum Gasteiger partial charge on any atom is -0.380 e. The number of carbonyl (C=O) groups is 1. The lowest BCUT2D eigenvalue weighted by molar-refractivity contribution is 0.0797. The second-order valence-electron chi connectivity index (χ2n) is 8.66. The third-order valence-corrected chi connectivity index (χ3v) is 6.34. The first-order chi connectivity index (χ1) is 16.3. The first-order valence-electron chi connectivity index (χ1n) is 10.9. The molecule has 34 heavy (non-hydrogen) atoms. The summed E-state index contributed by atoms with van der Waals surface area (Å²) in [5, 5.41) is 31.1. The number of anilines is 1. The van der Waals surface area contributed by atoms with E-state index in [0.717, 1.165) is 11.1 Å². The number of aliphatic hydroxyl groups is 1. The van der Waals surface area contributed by atoms with Crippen molar-refractivity contribution in [3.63, 3.8) is 0 Å². The number of nitriles is 1. The SMILES string of the molecule is Cc1ccc(N=C2CC3(O)C(=C(C#N)C(=N)N2c2ccc(C)cc2)C(=O)c2ccccc23)cc1. The fourth-order valence-electron chi connectivity index (χ4n) is 4.61. The fraction of sp³-hybridized carbons (Fsp3) is 0.143. The topological polar surface area (TPSA) is 101 Å². The Morgan fingerprint density at radius 1 is 1.00 bits per heavy atom. The van der Waals surface area contributed by atoms with E-state index in [9.17, 15) is 15.2 Å². The molecule has 2 N–H and O–H groups in total. The summed E-state index contributed by atoms with van der Waals surface area (Å²) < 4.78 is 0. The van der Waals surface area contributed by atoms with Gasteiger partial charge in [0.1, 0.15) is 28.9 Å². The number of fused-ring (bicyclic) bond motifs is 3. The molecule has 1 aliphatic heterocycles. The highest BCUT2D eigenvalue weighted by molar-refractivity contribution is 6.31. The lowest BCUT2D eigenvalue weighted by Gasteiger charge is -2.28. The second-order valence-corrected chi connectivity index (χ2v) is 8.66. The first kappa shape index (κ1) is 21.5. The first-order valence-corrected chi connectivity index (χ1v) is 10.9. The van der Waals surface area contributed by atoms with Gasteiger partial charge in [0, 0.05) is 17.7 Å². The zero-order valence-electron chi connectivity index (χ0n) is 18.8. The number of benzene rings is 3. The Kier molecular flexibility index (Phi) is 5.00. The minimum atomic E-state index is -1.77. The Morgan fingerprint density at radius 3 is 2.26 bits per heavy atom. The van der Waals surface area contributed by atoms with Crippen LogP contribution in [0.15, 0.2) is 88.9 Å². The van der Waals surface area contributed by atoms with Crippen LogP contribution in [0.1, 0.15) is 33.5 Å². The monoisotopic (exact) mass is 446 g/mol. The molecule has 6 heteroatoms. The van der Waals surface area contributed by atoms with Crippen LogP contribution in [0.2, 0.25) is 0 Å². The van der Waals surface area contributed by atoms with Gasteiger partial charge in [0.2, 0.25) is 0 Å². The van der Waals surface area contributed by atoms with Crippen LogP contribution in [-0.4, -0.2) is 22.6 Å². The average molecular weight is 447 g/mol. The van der Waals surface area contributed by atoms with E-state index >= 15 is 0 Å². The number of ketones is 1. The summed E-state index contributed by atoms with van der Waals surface area (Å²) in [6, 6.07) is 24.0. The molecule has 0 saturated heterocycles. The van der Waals surface area contributed by atoms with E-state index in [1.54, 1.807) is 29.2 Å². The smallest absolute Gasteiger partial charge is 0.194 e. The molecule has 1 aliphatic carbocycles. The van der Waals surface area contributed by atoms with Crippen molar-refractivity contribution < 1.29 is 9.90 Å². The van der Waals surface area contributed by atoms with Crippen LogP contribution >= 0.6 is 0 Å². The maximum absolute atomic E-state index is 13.4. The van der Waals surface area contributed by atoms with Crippen LogP contribution in [0.4, 0.5) is 11.4 Å². The molecule has 1 unspecified atom stereocenters. The quantitative estimate of drug-likeness (QED) is 0.570. The Balaban J connectivity index is 1.79. The van der Waals surface area contributed by atoms with E-state index in [0.29, 0.717) is 28.3 Å². The maximum Gasteiger partial charge on any atom is 0.194 e. The van der Waals surface area contributed by atoms with Crippen LogP contribution in [0, 0.1) is 30.6 Å². The number of rotatable bonds is 2. The standard InChI is InChI=1S/C28H22N4O2/c1-17-7-11-19(12-8-17)31-24-15-28(34)23-6-4-3-5-21(23)26(33)25(28)22(16-29)27(30)32(24)20-13-9-18(2)10-14-20/h3-14,30,34H,15H2,1-2H3. The van der Waals surface area contributed by atoms with Gasteiger partial charge in [-0.15, -0.1) is 0 Å². The van der Waals surface area contributed by atoms with Crippen molar-refractivity contribution in [3.05, 3.63) is 106 Å². The molecule has 0 saturated carbocycles. The fourth-order valence-corrected chi connectivity index (χ4v) is 4.61. The molecule has 0 spiro atoms. The molecule has 166 valence electrons. The van der Waals surface area contributed by atoms with Crippen LogP contribution in [0.5, 0.6) is 0 Å². The molecular formula is C28H22N4O2. The molecule has 1 heterocycles. The lowest BCUT2D eigenvalue weighted by atomic mass is 9.86. The molecular weight excluding hydrogens is 424 g/mol. The average Bonchev–Trinajstić information content (AvgIpc) is 2.98. The van der Waals surface area contributed by atoms with Gasteiger partial charge in [0.15, 0.2) is 5.78 Å². The van der Waals surface area contributed by atoms with Gasteiger partial charge in [-0.05, 0) is 43.7 Å². The van der Waals surface area contributed by atoms with Crippen molar-refractivity contribution in [1.29, 1.82) is 10.7 Å². The number of aliphatic imine (C=N–C) groups is 1. The van der Waals surface area contributed by atoms with Gasteiger partial charge in [-0.25, -0.2) is 4.99 Å². The van der Waals surface area contributed by atoms with E-state index in [1.165, 1.54) is 0 Å². The summed E-state index contributed by atoms with van der Waals surface area (Å²) in [7, 11) is 0. The van der Waals surface area contributed by atoms with Crippen LogP contribution in [0.25, 0.3) is 0 Å². The largest absolute Gasteiger partial charge is 0.380 e. The molecule has 0 aromatic heterocycles. The maximum atomic E-state index is 13.4. The van der Waals surface area contributed by atoms with Gasteiger partial charge >= 0.3 is 0 Å². The van der Waals surface area contributed by atoms with E-state index in [4.69, 9.17) is 10.4 Å². The highest BCUT2D eigenvalue weighted by atomic mass is 16.3. The summed E-state index contributed by atoms with van der Waals surface area (Å²) in [6.45, 7) is 3.94. The Morgan fingerprint density at radius 2 is 1.62 bits per heavy atom. The van der Waals surface area contributed by atoms with E-state index in [1.807, 2.05) is 68.4 Å². The van der Waals surface area contributed by atoms with E-state index < -0.39 is 11.4 Å². The Hall–Kier alpha value is -4.34. The molecule has 0 radical (unpaired) electrons. The molecule has 0 fully saturated rings. The predicted octanol–water partition coefficient (Wildman–Crippen LogP) is 5.13. The number of nitrogens with zero attached hydrogens (tertiary/aromatic N) is 3. The van der Waals surface area contributed by atoms with Gasteiger partial charge in [-0.3, -0.25) is 15.1 Å². The van der Waals surface area contributed by atoms with Crippen molar-refractivity contribution in [2.24, 2.45) is 4.99 Å². The summed E-state index contributed by atoms with van der Waals surface area (Å²) >= 11 is 0. The van der Waals surface area contributed by atoms with Crippen molar-refractivity contribution in [2.45, 2.75) is 25.9 Å². The van der Waals surface area contributed by atoms with Crippen LogP contribution < -0.4 is 4.90 Å². The molecule has 2 aliphatic rings. The number of hydrogen-bond donors (Lipinski definition) is 2. The zero-order chi connectivity index (χ0) is 24.0. The number of nitrogens with one attached hydrogen (secondary N) is 1. The molecule has 3 aromatic carbocycles. The van der Waals surface area contributed by atoms with E-state index in [2.05, 4.69) is 0 Å². The molecule has 5 rings (SSSR count). The molecule has 1 atom stereocenters. The molecule has 0 bridgehead atoms. The number of Topliss-reactive ketones (excluding diaryl/α,β-unsaturated/α-hetero) is 1. The van der Waals surface area contributed by atoms with Crippen LogP contribution in [0.3, 0.4) is 0 Å². The third kappa shape index (κ3) is 3.26. The highest BCUT2D eigenvalue weighted by Gasteiger charge is 2.52. The lowest BCUT2D eigenvalue weighted by Crippen LogP contribution is -2.38. The number of carbonyl (C=O) groups excluding carboxylic acids is 1. The molecule has 3 aromatic rings. The number of aryl methyl sites for hydroxylation is 2. The van der Waals surface area contributed by atoms with Crippen molar-refractivity contribution >= 4 is 28.8 Å².